The van der Waals surface area contributed by atoms with E-state index in [-0.39, 0.29) is 17.6 Å². The van der Waals surface area contributed by atoms with Gasteiger partial charge in [0.05, 0.1) is 11.4 Å². The number of hydrogen-bond acceptors (Lipinski definition) is 4. The molecule has 5 N–H and O–H groups in total. The summed E-state index contributed by atoms with van der Waals surface area (Å²) in [6.07, 6.45) is 3.04. The third-order valence-electron chi connectivity index (χ3n) is 4.12. The van der Waals surface area contributed by atoms with Gasteiger partial charge >= 0.3 is 0 Å². The molecule has 0 saturated carbocycles. The largest absolute Gasteiger partial charge is 0.508 e. The number of guanidine groups is 1. The van der Waals surface area contributed by atoms with E-state index in [9.17, 15) is 5.11 Å². The van der Waals surface area contributed by atoms with Crippen LogP contribution in [0.25, 0.3) is 0 Å². The molecule has 124 valence electrons. The van der Waals surface area contributed by atoms with Crippen LogP contribution in [0.5, 0.6) is 5.75 Å². The van der Waals surface area contributed by atoms with E-state index in [2.05, 4.69) is 15.2 Å². The molecule has 0 saturated heterocycles. The minimum absolute atomic E-state index is 0.00144. The first-order valence-electron chi connectivity index (χ1n) is 7.54. The molecule has 3 rings (SSSR count). The quantitative estimate of drug-likeness (QED) is 0.442. The van der Waals surface area contributed by atoms with E-state index in [0.29, 0.717) is 17.9 Å². The number of phenolic OH excluding ortho intramolecular Hbond substituents is 1. The number of halogens is 1. The summed E-state index contributed by atoms with van der Waals surface area (Å²) in [5.41, 5.74) is 15.3. The molecule has 0 fully saturated rings. The molecule has 1 atom stereocenters. The third-order valence-corrected chi connectivity index (χ3v) is 4.36. The minimum atomic E-state index is -0.0988. The van der Waals surface area contributed by atoms with Crippen LogP contribution < -0.4 is 11.5 Å². The van der Waals surface area contributed by atoms with Crippen molar-refractivity contribution in [3.8, 4) is 5.75 Å². The number of rotatable bonds is 2. The molecule has 0 radical (unpaired) electrons. The molecule has 6 nitrogen and oxygen atoms in total. The van der Waals surface area contributed by atoms with Crippen LogP contribution in [0.2, 0.25) is 5.02 Å². The smallest absolute Gasteiger partial charge is 0.211 e. The molecular formula is C17H18ClN5O. The van der Waals surface area contributed by atoms with Gasteiger partial charge in [0.15, 0.2) is 0 Å². The van der Waals surface area contributed by atoms with Crippen LogP contribution in [-0.4, -0.2) is 21.8 Å². The maximum atomic E-state index is 10.2. The number of aryl methyl sites for hydroxylation is 1. The summed E-state index contributed by atoms with van der Waals surface area (Å²) in [7, 11) is 0. The van der Waals surface area contributed by atoms with E-state index >= 15 is 0 Å². The van der Waals surface area contributed by atoms with Gasteiger partial charge in [-0.25, -0.2) is 0 Å². The third kappa shape index (κ3) is 3.19. The summed E-state index contributed by atoms with van der Waals surface area (Å²) in [6, 6.07) is 6.97. The van der Waals surface area contributed by atoms with Gasteiger partial charge in [-0.3, -0.25) is 4.98 Å². The maximum absolute atomic E-state index is 10.2. The van der Waals surface area contributed by atoms with Crippen molar-refractivity contribution in [2.45, 2.75) is 25.7 Å². The summed E-state index contributed by atoms with van der Waals surface area (Å²) in [5, 5.41) is 18.8. The molecule has 0 amide bonds. The Balaban J connectivity index is 2.10. The SMILES string of the molecule is Cc1ccnc2c1C(=NN=C(N)N)CC(c1cc(Cl)ccc1O)C2. The Kier molecular flexibility index (Phi) is 4.40. The molecule has 7 heteroatoms. The van der Waals surface area contributed by atoms with Gasteiger partial charge in [-0.2, -0.15) is 5.10 Å². The molecule has 0 bridgehead atoms. The highest BCUT2D eigenvalue weighted by Gasteiger charge is 2.29. The lowest BCUT2D eigenvalue weighted by Crippen LogP contribution is -2.24. The highest BCUT2D eigenvalue weighted by molar-refractivity contribution is 6.30. The van der Waals surface area contributed by atoms with Gasteiger partial charge in [0.1, 0.15) is 5.75 Å². The van der Waals surface area contributed by atoms with Crippen molar-refractivity contribution in [2.75, 3.05) is 0 Å². The van der Waals surface area contributed by atoms with Gasteiger partial charge in [-0.15, -0.1) is 5.10 Å². The fraction of sp³-hybridized carbons (Fsp3) is 0.235. The summed E-state index contributed by atoms with van der Waals surface area (Å²) >= 11 is 6.09. The Hall–Kier alpha value is -2.60. The van der Waals surface area contributed by atoms with Crippen LogP contribution in [0.15, 0.2) is 40.7 Å². The standard InChI is InChI=1S/C17H18ClN5O/c1-9-4-5-21-13-6-10(12-8-11(18)2-3-15(12)24)7-14(16(9)13)22-23-17(19)20/h2-5,8,10,24H,6-7H2,1H3,(H4,19,20,23). The van der Waals surface area contributed by atoms with Crippen molar-refractivity contribution in [1.29, 1.82) is 0 Å². The van der Waals surface area contributed by atoms with E-state index in [0.717, 1.165) is 28.1 Å². The summed E-state index contributed by atoms with van der Waals surface area (Å²) < 4.78 is 0. The predicted octanol–water partition coefficient (Wildman–Crippen LogP) is 2.46. The highest BCUT2D eigenvalue weighted by Crippen LogP contribution is 2.38. The summed E-state index contributed by atoms with van der Waals surface area (Å²) in [6.45, 7) is 2.00. The van der Waals surface area contributed by atoms with E-state index < -0.39 is 0 Å². The molecule has 2 aromatic rings. The Morgan fingerprint density at radius 3 is 2.83 bits per heavy atom. The molecule has 1 aromatic heterocycles. The number of nitrogens with two attached hydrogens (primary N) is 2. The highest BCUT2D eigenvalue weighted by atomic mass is 35.5. The van der Waals surface area contributed by atoms with Crippen molar-refractivity contribution >= 4 is 23.3 Å². The zero-order valence-electron chi connectivity index (χ0n) is 13.2. The van der Waals surface area contributed by atoms with E-state index in [1.807, 2.05) is 13.0 Å². The second kappa shape index (κ2) is 6.49. The van der Waals surface area contributed by atoms with Gasteiger partial charge in [-0.05, 0) is 61.1 Å². The number of benzene rings is 1. The van der Waals surface area contributed by atoms with Crippen LogP contribution in [0.1, 0.15) is 34.7 Å². The lowest BCUT2D eigenvalue weighted by molar-refractivity contribution is 0.460. The first-order valence-corrected chi connectivity index (χ1v) is 7.92. The Bertz CT molecular complexity index is 843. The Labute approximate surface area is 144 Å². The van der Waals surface area contributed by atoms with Crippen LogP contribution in [0, 0.1) is 6.92 Å². The van der Waals surface area contributed by atoms with Crippen molar-refractivity contribution in [1.82, 2.24) is 4.98 Å². The summed E-state index contributed by atoms with van der Waals surface area (Å²) in [5.74, 6) is 0.110. The second-order valence-electron chi connectivity index (χ2n) is 5.83. The van der Waals surface area contributed by atoms with Crippen LogP contribution >= 0.6 is 11.6 Å². The van der Waals surface area contributed by atoms with Crippen LogP contribution in [-0.2, 0) is 6.42 Å². The molecule has 1 unspecified atom stereocenters. The van der Waals surface area contributed by atoms with Gasteiger partial charge in [0.25, 0.3) is 0 Å². The normalized spacial score (nSPS) is 18.2. The molecule has 1 aromatic carbocycles. The zero-order valence-corrected chi connectivity index (χ0v) is 14.0. The Morgan fingerprint density at radius 1 is 1.29 bits per heavy atom. The van der Waals surface area contributed by atoms with Gasteiger partial charge in [-0.1, -0.05) is 11.6 Å². The molecule has 24 heavy (non-hydrogen) atoms. The first kappa shape index (κ1) is 16.3. The van der Waals surface area contributed by atoms with Crippen molar-refractivity contribution < 1.29 is 5.11 Å². The molecule has 0 spiro atoms. The van der Waals surface area contributed by atoms with Crippen molar-refractivity contribution in [2.24, 2.45) is 21.7 Å². The lowest BCUT2D eigenvalue weighted by Gasteiger charge is -2.26. The second-order valence-corrected chi connectivity index (χ2v) is 6.27. The van der Waals surface area contributed by atoms with E-state index in [1.54, 1.807) is 24.4 Å². The zero-order chi connectivity index (χ0) is 17.3. The number of fused-ring (bicyclic) bond motifs is 1. The van der Waals surface area contributed by atoms with Crippen LogP contribution in [0.4, 0.5) is 0 Å². The lowest BCUT2D eigenvalue weighted by atomic mass is 9.79. The number of phenols is 1. The Morgan fingerprint density at radius 2 is 2.08 bits per heavy atom. The molecular weight excluding hydrogens is 326 g/mol. The van der Waals surface area contributed by atoms with Gasteiger partial charge < -0.3 is 16.6 Å². The topological polar surface area (TPSA) is 110 Å². The maximum Gasteiger partial charge on any atom is 0.211 e. The molecule has 1 aliphatic carbocycles. The first-order chi connectivity index (χ1) is 11.5. The van der Waals surface area contributed by atoms with Gasteiger partial charge in [0, 0.05) is 16.8 Å². The van der Waals surface area contributed by atoms with E-state index in [1.165, 1.54) is 0 Å². The fourth-order valence-electron chi connectivity index (χ4n) is 3.09. The van der Waals surface area contributed by atoms with Crippen LogP contribution in [0.3, 0.4) is 0 Å². The average Bonchev–Trinajstić information content (AvgIpc) is 2.54. The van der Waals surface area contributed by atoms with Crippen molar-refractivity contribution in [3.63, 3.8) is 0 Å². The number of hydrogen-bond donors (Lipinski definition) is 3. The number of aromatic nitrogens is 1. The number of pyridine rings is 1. The van der Waals surface area contributed by atoms with Gasteiger partial charge in [0.2, 0.25) is 5.96 Å². The number of nitrogens with zero attached hydrogens (tertiary/aromatic N) is 3. The van der Waals surface area contributed by atoms with Crippen molar-refractivity contribution in [3.05, 3.63) is 57.9 Å². The minimum Gasteiger partial charge on any atom is -0.508 e. The van der Waals surface area contributed by atoms with E-state index in [4.69, 9.17) is 23.1 Å². The molecule has 1 heterocycles. The molecule has 0 aliphatic heterocycles. The summed E-state index contributed by atoms with van der Waals surface area (Å²) in [4.78, 5) is 4.48. The predicted molar refractivity (Wildman–Crippen MR) is 95.5 cm³/mol. The average molecular weight is 344 g/mol. The monoisotopic (exact) mass is 343 g/mol. The number of aromatic hydroxyl groups is 1. The fourth-order valence-corrected chi connectivity index (χ4v) is 3.27. The molecule has 1 aliphatic rings.